The van der Waals surface area contributed by atoms with Crippen LogP contribution in [0.3, 0.4) is 0 Å². The first-order valence-corrected chi connectivity index (χ1v) is 9.95. The molecule has 3 rings (SSSR count). The van der Waals surface area contributed by atoms with Gasteiger partial charge in [0.05, 0.1) is 0 Å². The minimum absolute atomic E-state index is 0.121. The molecule has 1 heterocycles. The molecule has 0 atom stereocenters. The van der Waals surface area contributed by atoms with Crippen molar-refractivity contribution in [3.8, 4) is 0 Å². The normalized spacial score (nSPS) is 14.6. The molecule has 0 aliphatic heterocycles. The lowest BCUT2D eigenvalue weighted by atomic mass is 9.95. The first-order chi connectivity index (χ1) is 13.2. The fraction of sp³-hybridized carbons (Fsp3) is 0.476. The predicted molar refractivity (Wildman–Crippen MR) is 110 cm³/mol. The number of carbonyl (C=O) groups excluding carboxylic acids is 1. The van der Waals surface area contributed by atoms with E-state index in [1.807, 2.05) is 12.1 Å². The summed E-state index contributed by atoms with van der Waals surface area (Å²) in [6.07, 6.45) is 7.37. The minimum atomic E-state index is -0.121. The van der Waals surface area contributed by atoms with Gasteiger partial charge in [-0.25, -0.2) is 9.97 Å². The van der Waals surface area contributed by atoms with Crippen LogP contribution in [0.4, 0.5) is 17.3 Å². The van der Waals surface area contributed by atoms with E-state index in [9.17, 15) is 4.79 Å². The molecule has 27 heavy (non-hydrogen) atoms. The Morgan fingerprint density at radius 3 is 2.44 bits per heavy atom. The van der Waals surface area contributed by atoms with E-state index in [1.54, 1.807) is 12.3 Å². The van der Waals surface area contributed by atoms with Gasteiger partial charge in [0.1, 0.15) is 5.69 Å². The number of nitrogens with one attached hydrogen (secondary N) is 2. The molecule has 0 spiro atoms. The van der Waals surface area contributed by atoms with Gasteiger partial charge >= 0.3 is 0 Å². The Kier molecular flexibility index (Phi) is 6.63. The van der Waals surface area contributed by atoms with E-state index in [-0.39, 0.29) is 11.9 Å². The first-order valence-electron chi connectivity index (χ1n) is 9.95. The number of amides is 1. The average Bonchev–Trinajstić information content (AvgIpc) is 2.71. The van der Waals surface area contributed by atoms with Crippen LogP contribution in [0.25, 0.3) is 0 Å². The number of anilines is 3. The molecule has 0 saturated heterocycles. The Labute approximate surface area is 161 Å². The second-order valence-electron chi connectivity index (χ2n) is 6.92. The van der Waals surface area contributed by atoms with Gasteiger partial charge in [0, 0.05) is 36.7 Å². The van der Waals surface area contributed by atoms with Crippen LogP contribution in [-0.4, -0.2) is 35.0 Å². The summed E-state index contributed by atoms with van der Waals surface area (Å²) in [6, 6.07) is 10.1. The fourth-order valence-electron chi connectivity index (χ4n) is 3.53. The highest BCUT2D eigenvalue weighted by atomic mass is 16.1. The van der Waals surface area contributed by atoms with E-state index in [4.69, 9.17) is 0 Å². The molecule has 1 saturated carbocycles. The highest BCUT2D eigenvalue weighted by molar-refractivity contribution is 5.92. The van der Waals surface area contributed by atoms with Crippen LogP contribution in [0.15, 0.2) is 36.5 Å². The van der Waals surface area contributed by atoms with Gasteiger partial charge < -0.3 is 15.5 Å². The van der Waals surface area contributed by atoms with Crippen LogP contribution in [0.1, 0.15) is 56.4 Å². The molecule has 1 amide bonds. The van der Waals surface area contributed by atoms with Crippen molar-refractivity contribution in [1.82, 2.24) is 15.3 Å². The third-order valence-electron chi connectivity index (χ3n) is 5.08. The lowest BCUT2D eigenvalue weighted by Gasteiger charge is -2.22. The number of nitrogens with zero attached hydrogens (tertiary/aromatic N) is 3. The van der Waals surface area contributed by atoms with Gasteiger partial charge in [0.2, 0.25) is 5.95 Å². The van der Waals surface area contributed by atoms with E-state index in [0.29, 0.717) is 11.6 Å². The Bertz CT molecular complexity index is 736. The zero-order valence-corrected chi connectivity index (χ0v) is 16.2. The van der Waals surface area contributed by atoms with Gasteiger partial charge in [-0.15, -0.1) is 0 Å². The summed E-state index contributed by atoms with van der Waals surface area (Å²) in [6.45, 7) is 6.25. The number of benzene rings is 1. The van der Waals surface area contributed by atoms with Crippen LogP contribution in [0.5, 0.6) is 0 Å². The third-order valence-corrected chi connectivity index (χ3v) is 5.08. The third kappa shape index (κ3) is 5.18. The smallest absolute Gasteiger partial charge is 0.270 e. The summed E-state index contributed by atoms with van der Waals surface area (Å²) in [5.74, 6) is 0.311. The number of aromatic nitrogens is 2. The number of hydrogen-bond donors (Lipinski definition) is 2. The summed E-state index contributed by atoms with van der Waals surface area (Å²) in [5.41, 5.74) is 2.49. The topological polar surface area (TPSA) is 70.2 Å². The van der Waals surface area contributed by atoms with Gasteiger partial charge in [0.15, 0.2) is 0 Å². The van der Waals surface area contributed by atoms with Crippen molar-refractivity contribution in [3.63, 3.8) is 0 Å². The zero-order chi connectivity index (χ0) is 19.1. The lowest BCUT2D eigenvalue weighted by Crippen LogP contribution is -2.36. The van der Waals surface area contributed by atoms with E-state index >= 15 is 0 Å². The predicted octanol–water partition coefficient (Wildman–Crippen LogP) is 4.13. The maximum Gasteiger partial charge on any atom is 0.270 e. The molecule has 2 N–H and O–H groups in total. The van der Waals surface area contributed by atoms with Crippen LogP contribution < -0.4 is 15.5 Å². The second-order valence-corrected chi connectivity index (χ2v) is 6.92. The summed E-state index contributed by atoms with van der Waals surface area (Å²) in [5, 5.41) is 6.28. The summed E-state index contributed by atoms with van der Waals surface area (Å²) in [7, 11) is 0. The molecule has 0 unspecified atom stereocenters. The molecule has 1 aromatic heterocycles. The zero-order valence-electron chi connectivity index (χ0n) is 16.2. The van der Waals surface area contributed by atoms with Gasteiger partial charge in [-0.3, -0.25) is 4.79 Å². The molecular formula is C21H29N5O. The minimum Gasteiger partial charge on any atom is -0.372 e. The van der Waals surface area contributed by atoms with Crippen molar-refractivity contribution in [3.05, 3.63) is 42.2 Å². The quantitative estimate of drug-likeness (QED) is 0.770. The molecule has 1 aliphatic carbocycles. The second kappa shape index (κ2) is 9.35. The van der Waals surface area contributed by atoms with Crippen molar-refractivity contribution in [2.24, 2.45) is 0 Å². The van der Waals surface area contributed by atoms with Crippen molar-refractivity contribution < 1.29 is 4.79 Å². The molecule has 6 heteroatoms. The Hall–Kier alpha value is -2.63. The summed E-state index contributed by atoms with van der Waals surface area (Å²) < 4.78 is 0. The van der Waals surface area contributed by atoms with Crippen molar-refractivity contribution in [2.75, 3.05) is 23.3 Å². The molecule has 0 radical (unpaired) electrons. The fourth-order valence-corrected chi connectivity index (χ4v) is 3.53. The molecule has 1 fully saturated rings. The van der Waals surface area contributed by atoms with Gasteiger partial charge in [-0.2, -0.15) is 0 Å². The molecular weight excluding hydrogens is 338 g/mol. The van der Waals surface area contributed by atoms with Crippen LogP contribution in [0, 0.1) is 0 Å². The number of carbonyl (C=O) groups is 1. The van der Waals surface area contributed by atoms with E-state index < -0.39 is 0 Å². The molecule has 1 aliphatic rings. The van der Waals surface area contributed by atoms with Crippen LogP contribution in [-0.2, 0) is 0 Å². The number of hydrogen-bond acceptors (Lipinski definition) is 5. The lowest BCUT2D eigenvalue weighted by molar-refractivity contribution is 0.0922. The molecule has 6 nitrogen and oxygen atoms in total. The standard InChI is InChI=1S/C21H29N5O/c1-3-26(4-2)18-12-10-17(11-13-18)24-21-22-15-14-19(25-21)20(27)23-16-8-6-5-7-9-16/h10-16H,3-9H2,1-2H3,(H,23,27)(H,22,24,25). The molecule has 2 aromatic rings. The van der Waals surface area contributed by atoms with E-state index in [1.165, 1.54) is 24.9 Å². The van der Waals surface area contributed by atoms with Crippen molar-refractivity contribution >= 4 is 23.2 Å². The monoisotopic (exact) mass is 367 g/mol. The van der Waals surface area contributed by atoms with Gasteiger partial charge in [-0.05, 0) is 57.0 Å². The van der Waals surface area contributed by atoms with E-state index in [0.717, 1.165) is 31.6 Å². The molecule has 1 aromatic carbocycles. The Balaban J connectivity index is 1.64. The Morgan fingerprint density at radius 2 is 1.78 bits per heavy atom. The Morgan fingerprint density at radius 1 is 1.07 bits per heavy atom. The maximum atomic E-state index is 12.5. The molecule has 0 bridgehead atoms. The SMILES string of the molecule is CCN(CC)c1ccc(Nc2nccc(C(=O)NC3CCCCC3)n2)cc1. The van der Waals surface area contributed by atoms with Crippen LogP contribution >= 0.6 is 0 Å². The average molecular weight is 367 g/mol. The summed E-state index contributed by atoms with van der Waals surface area (Å²) in [4.78, 5) is 23.4. The van der Waals surface area contributed by atoms with Gasteiger partial charge in [-0.1, -0.05) is 19.3 Å². The van der Waals surface area contributed by atoms with Crippen LogP contribution in [0.2, 0.25) is 0 Å². The molecule has 144 valence electrons. The van der Waals surface area contributed by atoms with Crippen molar-refractivity contribution in [1.29, 1.82) is 0 Å². The van der Waals surface area contributed by atoms with E-state index in [2.05, 4.69) is 51.5 Å². The first kappa shape index (κ1) is 19.1. The highest BCUT2D eigenvalue weighted by Gasteiger charge is 2.17. The van der Waals surface area contributed by atoms with Crippen molar-refractivity contribution in [2.45, 2.75) is 52.0 Å². The highest BCUT2D eigenvalue weighted by Crippen LogP contribution is 2.20. The largest absolute Gasteiger partial charge is 0.372 e. The van der Waals surface area contributed by atoms with Gasteiger partial charge in [0.25, 0.3) is 5.91 Å². The maximum absolute atomic E-state index is 12.5. The summed E-state index contributed by atoms with van der Waals surface area (Å²) >= 11 is 0. The number of rotatable bonds is 7.